The molecule has 0 amide bonds. The molecule has 3 rings (SSSR count). The standard InChI is InChI=1S/C19H24N4O4S.CH3I/c1-14-10-15(2)12-17(11-14)21(3)18-5-4-16(23(24)25)13-19(18)28(26,27)22-8-6-20-7-9-22;1-2/h4-5,10-13,20H,6-9H2,1-3H3;1H3. The van der Waals surface area contributed by atoms with Crippen LogP contribution in [-0.2, 0) is 10.0 Å². The predicted molar refractivity (Wildman–Crippen MR) is 129 cm³/mol. The highest BCUT2D eigenvalue weighted by atomic mass is 127. The fraction of sp³-hybridized carbons (Fsp3) is 0.400. The Morgan fingerprint density at radius 1 is 1.07 bits per heavy atom. The molecule has 0 spiro atoms. The molecule has 0 aliphatic carbocycles. The smallest absolute Gasteiger partial charge is 0.270 e. The van der Waals surface area contributed by atoms with Gasteiger partial charge in [0.05, 0.1) is 10.6 Å². The summed E-state index contributed by atoms with van der Waals surface area (Å²) >= 11 is 2.15. The maximum atomic E-state index is 13.3. The quantitative estimate of drug-likeness (QED) is 0.267. The number of alkyl halides is 1. The van der Waals surface area contributed by atoms with Crippen LogP contribution in [0.1, 0.15) is 11.1 Å². The van der Waals surface area contributed by atoms with Crippen LogP contribution < -0.4 is 10.2 Å². The molecule has 1 heterocycles. The van der Waals surface area contributed by atoms with E-state index in [2.05, 4.69) is 27.9 Å². The first-order valence-electron chi connectivity index (χ1n) is 9.39. The Labute approximate surface area is 191 Å². The molecule has 0 atom stereocenters. The van der Waals surface area contributed by atoms with E-state index in [0.717, 1.165) is 22.9 Å². The number of sulfonamides is 1. The summed E-state index contributed by atoms with van der Waals surface area (Å²) < 4.78 is 28.0. The van der Waals surface area contributed by atoms with Gasteiger partial charge < -0.3 is 10.2 Å². The second-order valence-corrected chi connectivity index (χ2v) is 8.87. The third kappa shape index (κ3) is 5.48. The van der Waals surface area contributed by atoms with Gasteiger partial charge in [-0.2, -0.15) is 4.31 Å². The summed E-state index contributed by atoms with van der Waals surface area (Å²) in [4.78, 5) is 14.4. The fourth-order valence-corrected chi connectivity index (χ4v) is 5.09. The highest BCUT2D eigenvalue weighted by molar-refractivity contribution is 14.1. The van der Waals surface area contributed by atoms with Gasteiger partial charge in [-0.1, -0.05) is 28.7 Å². The number of piperazine rings is 1. The zero-order valence-electron chi connectivity index (χ0n) is 17.6. The van der Waals surface area contributed by atoms with Crippen molar-refractivity contribution in [3.8, 4) is 0 Å². The Bertz CT molecular complexity index is 988. The van der Waals surface area contributed by atoms with E-state index in [1.165, 1.54) is 16.4 Å². The number of hydrogen-bond acceptors (Lipinski definition) is 6. The molecule has 8 nitrogen and oxygen atoms in total. The first kappa shape index (κ1) is 24.5. The Morgan fingerprint density at radius 3 is 2.17 bits per heavy atom. The van der Waals surface area contributed by atoms with Gasteiger partial charge in [0.2, 0.25) is 10.0 Å². The van der Waals surface area contributed by atoms with Crippen molar-refractivity contribution in [2.45, 2.75) is 18.7 Å². The number of nitrogens with zero attached hydrogens (tertiary/aromatic N) is 3. The first-order valence-corrected chi connectivity index (χ1v) is 13.0. The van der Waals surface area contributed by atoms with Crippen molar-refractivity contribution < 1.29 is 13.3 Å². The molecule has 1 aliphatic rings. The van der Waals surface area contributed by atoms with Gasteiger partial charge in [-0.3, -0.25) is 10.1 Å². The van der Waals surface area contributed by atoms with E-state index in [1.54, 1.807) is 11.9 Å². The van der Waals surface area contributed by atoms with Crippen LogP contribution in [0.3, 0.4) is 0 Å². The van der Waals surface area contributed by atoms with Crippen LogP contribution >= 0.6 is 22.6 Å². The number of non-ortho nitro benzene ring substituents is 1. The van der Waals surface area contributed by atoms with Crippen molar-refractivity contribution >= 4 is 49.7 Å². The van der Waals surface area contributed by atoms with Gasteiger partial charge >= 0.3 is 0 Å². The van der Waals surface area contributed by atoms with Gasteiger partial charge in [0.25, 0.3) is 5.69 Å². The highest BCUT2D eigenvalue weighted by Crippen LogP contribution is 2.35. The minimum Gasteiger partial charge on any atom is -0.343 e. The molecule has 2 aromatic rings. The van der Waals surface area contributed by atoms with Gasteiger partial charge in [-0.05, 0) is 48.1 Å². The highest BCUT2D eigenvalue weighted by Gasteiger charge is 2.31. The van der Waals surface area contributed by atoms with Crippen molar-refractivity contribution in [3.05, 3.63) is 57.6 Å². The zero-order valence-corrected chi connectivity index (χ0v) is 20.5. The van der Waals surface area contributed by atoms with Crippen LogP contribution in [0.5, 0.6) is 0 Å². The van der Waals surface area contributed by atoms with Gasteiger partial charge in [-0.25, -0.2) is 8.42 Å². The van der Waals surface area contributed by atoms with E-state index in [1.807, 2.05) is 37.0 Å². The average Bonchev–Trinajstić information content (AvgIpc) is 2.74. The summed E-state index contributed by atoms with van der Waals surface area (Å²) in [6, 6.07) is 9.94. The summed E-state index contributed by atoms with van der Waals surface area (Å²) in [6.45, 7) is 5.71. The molecule has 164 valence electrons. The summed E-state index contributed by atoms with van der Waals surface area (Å²) in [5.74, 6) is 0. The Morgan fingerprint density at radius 2 is 1.63 bits per heavy atom. The number of hydrogen-bond donors (Lipinski definition) is 1. The second-order valence-electron chi connectivity index (χ2n) is 6.97. The van der Waals surface area contributed by atoms with Crippen LogP contribution in [0.25, 0.3) is 0 Å². The van der Waals surface area contributed by atoms with Crippen LogP contribution in [0.15, 0.2) is 41.3 Å². The minimum absolute atomic E-state index is 0.0507. The van der Waals surface area contributed by atoms with Crippen molar-refractivity contribution in [2.75, 3.05) is 43.1 Å². The van der Waals surface area contributed by atoms with Crippen LogP contribution in [0.4, 0.5) is 17.1 Å². The zero-order chi connectivity index (χ0) is 22.5. The lowest BCUT2D eigenvalue weighted by Gasteiger charge is -2.29. The number of anilines is 2. The molecule has 1 saturated heterocycles. The van der Waals surface area contributed by atoms with Crippen LogP contribution in [0.2, 0.25) is 0 Å². The summed E-state index contributed by atoms with van der Waals surface area (Å²) in [5.41, 5.74) is 3.09. The number of nitrogens with one attached hydrogen (secondary N) is 1. The first-order chi connectivity index (χ1) is 14.2. The molecule has 1 fully saturated rings. The molecular weight excluding hydrogens is 519 g/mol. The summed E-state index contributed by atoms with van der Waals surface area (Å²) in [5, 5.41) is 14.4. The number of aryl methyl sites for hydroxylation is 2. The number of benzene rings is 2. The average molecular weight is 546 g/mol. The lowest BCUT2D eigenvalue weighted by Crippen LogP contribution is -2.46. The maximum absolute atomic E-state index is 13.3. The SMILES string of the molecule is CI.Cc1cc(C)cc(N(C)c2ccc([N+](=O)[O-])cc2S(=O)(=O)N2CCNCC2)c1. The third-order valence-electron chi connectivity index (χ3n) is 4.80. The topological polar surface area (TPSA) is 95.8 Å². The molecule has 10 heteroatoms. The van der Waals surface area contributed by atoms with Crippen LogP contribution in [-0.4, -0.2) is 55.8 Å². The summed E-state index contributed by atoms with van der Waals surface area (Å²) in [7, 11) is -2.10. The van der Waals surface area contributed by atoms with Crippen molar-refractivity contribution in [1.82, 2.24) is 9.62 Å². The molecule has 0 bridgehead atoms. The van der Waals surface area contributed by atoms with E-state index in [-0.39, 0.29) is 10.6 Å². The number of nitro groups is 1. The second kappa shape index (κ2) is 10.5. The summed E-state index contributed by atoms with van der Waals surface area (Å²) in [6.07, 6.45) is 0. The van der Waals surface area contributed by atoms with Gasteiger partial charge in [0.1, 0.15) is 4.90 Å². The van der Waals surface area contributed by atoms with E-state index in [9.17, 15) is 18.5 Å². The maximum Gasteiger partial charge on any atom is 0.270 e. The molecule has 0 aromatic heterocycles. The largest absolute Gasteiger partial charge is 0.343 e. The lowest BCUT2D eigenvalue weighted by atomic mass is 10.1. The molecular formula is C20H27IN4O4S. The van der Waals surface area contributed by atoms with Gasteiger partial charge in [0, 0.05) is 51.0 Å². The van der Waals surface area contributed by atoms with E-state index in [4.69, 9.17) is 0 Å². The van der Waals surface area contributed by atoms with Crippen molar-refractivity contribution in [3.63, 3.8) is 0 Å². The molecule has 2 aromatic carbocycles. The molecule has 30 heavy (non-hydrogen) atoms. The lowest BCUT2D eigenvalue weighted by molar-refractivity contribution is -0.385. The predicted octanol–water partition coefficient (Wildman–Crippen LogP) is 3.62. The van der Waals surface area contributed by atoms with E-state index < -0.39 is 14.9 Å². The molecule has 0 radical (unpaired) electrons. The normalized spacial score (nSPS) is 14.6. The molecule has 0 saturated carbocycles. The van der Waals surface area contributed by atoms with E-state index in [0.29, 0.717) is 31.9 Å². The van der Waals surface area contributed by atoms with Crippen molar-refractivity contribution in [2.24, 2.45) is 0 Å². The van der Waals surface area contributed by atoms with Crippen molar-refractivity contribution in [1.29, 1.82) is 0 Å². The van der Waals surface area contributed by atoms with Crippen LogP contribution in [0, 0.1) is 24.0 Å². The monoisotopic (exact) mass is 546 g/mol. The van der Waals surface area contributed by atoms with Gasteiger partial charge in [-0.15, -0.1) is 0 Å². The molecule has 0 unspecified atom stereocenters. The number of halogens is 1. The van der Waals surface area contributed by atoms with Gasteiger partial charge in [0.15, 0.2) is 0 Å². The van der Waals surface area contributed by atoms with E-state index >= 15 is 0 Å². The Hall–Kier alpha value is -1.76. The fourth-order valence-electron chi connectivity index (χ4n) is 3.41. The minimum atomic E-state index is -3.87. The third-order valence-corrected chi connectivity index (χ3v) is 6.73. The number of rotatable bonds is 5. The molecule has 1 N–H and O–H groups in total. The number of nitro benzene ring substituents is 1. The Balaban J connectivity index is 0.00000155. The molecule has 1 aliphatic heterocycles. The Kier molecular flexibility index (Phi) is 8.59.